The van der Waals surface area contributed by atoms with Gasteiger partial charge in [0.25, 0.3) is 0 Å². The zero-order valence-electron chi connectivity index (χ0n) is 11.7. The summed E-state index contributed by atoms with van der Waals surface area (Å²) in [5.41, 5.74) is 3.09. The van der Waals surface area contributed by atoms with E-state index in [9.17, 15) is 5.11 Å². The summed E-state index contributed by atoms with van der Waals surface area (Å²) in [6, 6.07) is 2.69. The van der Waals surface area contributed by atoms with Crippen molar-refractivity contribution in [3.8, 4) is 0 Å². The van der Waals surface area contributed by atoms with Gasteiger partial charge in [0.05, 0.1) is 6.61 Å². The van der Waals surface area contributed by atoms with Crippen LogP contribution in [0.4, 0.5) is 5.69 Å². The molecule has 2 rings (SSSR count). The molecule has 0 aromatic carbocycles. The molecule has 2 unspecified atom stereocenters. The molecule has 0 amide bonds. The van der Waals surface area contributed by atoms with E-state index in [4.69, 9.17) is 0 Å². The fraction of sp³-hybridized carbons (Fsp3) is 0.667. The molecule has 2 atom stereocenters. The summed E-state index contributed by atoms with van der Waals surface area (Å²) >= 11 is 0. The molecule has 0 bridgehead atoms. The van der Waals surface area contributed by atoms with Crippen molar-refractivity contribution in [2.24, 2.45) is 5.92 Å². The number of pyridine rings is 1. The van der Waals surface area contributed by atoms with Gasteiger partial charge in [-0.3, -0.25) is 4.98 Å². The van der Waals surface area contributed by atoms with Gasteiger partial charge in [0, 0.05) is 36.2 Å². The predicted octanol–water partition coefficient (Wildman–Crippen LogP) is 2.90. The standard InChI is InChI=1S/C15H24N2O/c1-11-5-4-6-14(7-11)17(3)15-8-12(2)16-9-13(15)10-18/h8-9,11,14,18H,4-7,10H2,1-3H3. The summed E-state index contributed by atoms with van der Waals surface area (Å²) in [6.07, 6.45) is 6.98. The van der Waals surface area contributed by atoms with Gasteiger partial charge >= 0.3 is 0 Å². The summed E-state index contributed by atoms with van der Waals surface area (Å²) in [4.78, 5) is 6.61. The smallest absolute Gasteiger partial charge is 0.0717 e. The Morgan fingerprint density at radius 2 is 2.22 bits per heavy atom. The molecule has 100 valence electrons. The van der Waals surface area contributed by atoms with Gasteiger partial charge in [-0.2, -0.15) is 0 Å². The first-order chi connectivity index (χ1) is 8.61. The maximum atomic E-state index is 9.44. The SMILES string of the molecule is Cc1cc(N(C)C2CCCC(C)C2)c(CO)cn1. The van der Waals surface area contributed by atoms with E-state index in [-0.39, 0.29) is 6.61 Å². The largest absolute Gasteiger partial charge is 0.392 e. The number of hydrogen-bond donors (Lipinski definition) is 1. The lowest BCUT2D eigenvalue weighted by Crippen LogP contribution is -2.36. The van der Waals surface area contributed by atoms with Crippen molar-refractivity contribution in [2.75, 3.05) is 11.9 Å². The van der Waals surface area contributed by atoms with Gasteiger partial charge in [0.15, 0.2) is 0 Å². The Balaban J connectivity index is 2.21. The summed E-state index contributed by atoms with van der Waals surface area (Å²) in [7, 11) is 2.15. The predicted molar refractivity (Wildman–Crippen MR) is 74.7 cm³/mol. The van der Waals surface area contributed by atoms with E-state index in [0.717, 1.165) is 22.9 Å². The topological polar surface area (TPSA) is 36.4 Å². The third-order valence-electron chi connectivity index (χ3n) is 4.11. The van der Waals surface area contributed by atoms with E-state index in [2.05, 4.69) is 29.9 Å². The zero-order valence-corrected chi connectivity index (χ0v) is 11.7. The summed E-state index contributed by atoms with van der Waals surface area (Å²) in [5.74, 6) is 0.812. The number of nitrogens with zero attached hydrogens (tertiary/aromatic N) is 2. The molecule has 0 saturated heterocycles. The number of aryl methyl sites for hydroxylation is 1. The van der Waals surface area contributed by atoms with E-state index < -0.39 is 0 Å². The average molecular weight is 248 g/mol. The lowest BCUT2D eigenvalue weighted by Gasteiger charge is -2.36. The molecule has 1 saturated carbocycles. The second-order valence-electron chi connectivity index (χ2n) is 5.65. The third-order valence-corrected chi connectivity index (χ3v) is 4.11. The molecule has 3 heteroatoms. The zero-order chi connectivity index (χ0) is 13.1. The van der Waals surface area contributed by atoms with Crippen LogP contribution in [-0.4, -0.2) is 23.2 Å². The molecule has 1 aromatic heterocycles. The number of rotatable bonds is 3. The van der Waals surface area contributed by atoms with E-state index >= 15 is 0 Å². The van der Waals surface area contributed by atoms with Crippen molar-refractivity contribution >= 4 is 5.69 Å². The number of hydrogen-bond acceptors (Lipinski definition) is 3. The first-order valence-corrected chi connectivity index (χ1v) is 6.91. The van der Waals surface area contributed by atoms with Crippen LogP contribution in [0, 0.1) is 12.8 Å². The monoisotopic (exact) mass is 248 g/mol. The normalized spacial score (nSPS) is 24.0. The van der Waals surface area contributed by atoms with Crippen LogP contribution in [0.5, 0.6) is 0 Å². The molecular formula is C15H24N2O. The Morgan fingerprint density at radius 3 is 2.89 bits per heavy atom. The van der Waals surface area contributed by atoms with Gasteiger partial charge in [-0.05, 0) is 31.7 Å². The molecule has 0 aliphatic heterocycles. The van der Waals surface area contributed by atoms with E-state index in [0.29, 0.717) is 6.04 Å². The first kappa shape index (κ1) is 13.3. The second-order valence-corrected chi connectivity index (χ2v) is 5.65. The molecular weight excluding hydrogens is 224 g/mol. The Kier molecular flexibility index (Phi) is 4.23. The van der Waals surface area contributed by atoms with Gasteiger partial charge < -0.3 is 10.0 Å². The van der Waals surface area contributed by atoms with Gasteiger partial charge in [0.1, 0.15) is 0 Å². The quantitative estimate of drug-likeness (QED) is 0.893. The van der Waals surface area contributed by atoms with Crippen LogP contribution < -0.4 is 4.90 Å². The van der Waals surface area contributed by atoms with Crippen LogP contribution >= 0.6 is 0 Å². The van der Waals surface area contributed by atoms with Gasteiger partial charge in [-0.15, -0.1) is 0 Å². The highest BCUT2D eigenvalue weighted by atomic mass is 16.3. The van der Waals surface area contributed by atoms with Crippen molar-refractivity contribution in [1.82, 2.24) is 4.98 Å². The molecule has 0 spiro atoms. The van der Waals surface area contributed by atoms with Crippen LogP contribution in [0.15, 0.2) is 12.3 Å². The van der Waals surface area contributed by atoms with Crippen molar-refractivity contribution in [3.63, 3.8) is 0 Å². The molecule has 18 heavy (non-hydrogen) atoms. The summed E-state index contributed by atoms with van der Waals surface area (Å²) in [5, 5.41) is 9.44. The molecule has 3 nitrogen and oxygen atoms in total. The number of aliphatic hydroxyl groups excluding tert-OH is 1. The Bertz CT molecular complexity index is 405. The Labute approximate surface area is 110 Å². The second kappa shape index (κ2) is 5.70. The van der Waals surface area contributed by atoms with Crippen molar-refractivity contribution in [3.05, 3.63) is 23.5 Å². The fourth-order valence-electron chi connectivity index (χ4n) is 2.97. The molecule has 1 aliphatic rings. The third kappa shape index (κ3) is 2.83. The number of anilines is 1. The molecule has 1 aliphatic carbocycles. The molecule has 1 fully saturated rings. The Hall–Kier alpha value is -1.09. The highest BCUT2D eigenvalue weighted by Crippen LogP contribution is 2.31. The lowest BCUT2D eigenvalue weighted by atomic mass is 9.86. The summed E-state index contributed by atoms with van der Waals surface area (Å²) in [6.45, 7) is 4.40. The average Bonchev–Trinajstić information content (AvgIpc) is 2.38. The molecule has 0 radical (unpaired) electrons. The fourth-order valence-corrected chi connectivity index (χ4v) is 2.97. The number of aliphatic hydroxyl groups is 1. The van der Waals surface area contributed by atoms with Crippen LogP contribution in [0.1, 0.15) is 43.9 Å². The first-order valence-electron chi connectivity index (χ1n) is 6.91. The van der Waals surface area contributed by atoms with Crippen LogP contribution in [0.25, 0.3) is 0 Å². The minimum Gasteiger partial charge on any atom is -0.392 e. The molecule has 1 N–H and O–H groups in total. The maximum Gasteiger partial charge on any atom is 0.0717 e. The highest BCUT2D eigenvalue weighted by molar-refractivity contribution is 5.53. The minimum atomic E-state index is 0.0647. The van der Waals surface area contributed by atoms with Crippen LogP contribution in [-0.2, 0) is 6.61 Å². The molecule has 1 heterocycles. The van der Waals surface area contributed by atoms with E-state index in [1.807, 2.05) is 6.92 Å². The van der Waals surface area contributed by atoms with Gasteiger partial charge in [0.2, 0.25) is 0 Å². The van der Waals surface area contributed by atoms with E-state index in [1.165, 1.54) is 25.7 Å². The van der Waals surface area contributed by atoms with Crippen molar-refractivity contribution in [2.45, 2.75) is 52.2 Å². The van der Waals surface area contributed by atoms with Gasteiger partial charge in [-0.25, -0.2) is 0 Å². The van der Waals surface area contributed by atoms with E-state index in [1.54, 1.807) is 6.20 Å². The highest BCUT2D eigenvalue weighted by Gasteiger charge is 2.23. The summed E-state index contributed by atoms with van der Waals surface area (Å²) < 4.78 is 0. The van der Waals surface area contributed by atoms with Crippen molar-refractivity contribution < 1.29 is 5.11 Å². The molecule has 1 aromatic rings. The number of aromatic nitrogens is 1. The van der Waals surface area contributed by atoms with Crippen LogP contribution in [0.2, 0.25) is 0 Å². The lowest BCUT2D eigenvalue weighted by molar-refractivity contribution is 0.280. The minimum absolute atomic E-state index is 0.0647. The van der Waals surface area contributed by atoms with Crippen molar-refractivity contribution in [1.29, 1.82) is 0 Å². The van der Waals surface area contributed by atoms with Gasteiger partial charge in [-0.1, -0.05) is 19.8 Å². The maximum absolute atomic E-state index is 9.44. The van der Waals surface area contributed by atoms with Crippen LogP contribution in [0.3, 0.4) is 0 Å². The Morgan fingerprint density at radius 1 is 1.44 bits per heavy atom.